The standard InChI is InChI=1S/C9H17NO5/c1-9(15-4-8(13)14)5-10(6-9)2-7(12)3-11/h7,11-12H,2-6H2,1H3,(H,13,14). The van der Waals surface area contributed by atoms with E-state index in [1.807, 2.05) is 11.8 Å². The van der Waals surface area contributed by atoms with E-state index in [9.17, 15) is 4.79 Å². The summed E-state index contributed by atoms with van der Waals surface area (Å²) in [5.74, 6) is -0.981. The Kier molecular flexibility index (Phi) is 4.04. The van der Waals surface area contributed by atoms with Gasteiger partial charge in [-0.3, -0.25) is 4.90 Å². The Balaban J connectivity index is 2.19. The summed E-state index contributed by atoms with van der Waals surface area (Å²) < 4.78 is 5.19. The molecule has 0 bridgehead atoms. The summed E-state index contributed by atoms with van der Waals surface area (Å²) in [5, 5.41) is 26.2. The van der Waals surface area contributed by atoms with Crippen molar-refractivity contribution in [2.24, 2.45) is 0 Å². The number of carboxylic acids is 1. The summed E-state index contributed by atoms with van der Waals surface area (Å²) in [6.07, 6.45) is -0.742. The van der Waals surface area contributed by atoms with Crippen molar-refractivity contribution in [2.45, 2.75) is 18.6 Å². The number of carbonyl (C=O) groups is 1. The molecule has 1 aliphatic rings. The minimum Gasteiger partial charge on any atom is -0.480 e. The van der Waals surface area contributed by atoms with Gasteiger partial charge in [0, 0.05) is 19.6 Å². The first-order chi connectivity index (χ1) is 6.95. The van der Waals surface area contributed by atoms with Gasteiger partial charge in [0.25, 0.3) is 0 Å². The summed E-state index contributed by atoms with van der Waals surface area (Å²) in [6.45, 7) is 2.82. The number of β-amino-alcohol motifs (C(OH)–C–C–N with tert-alkyl or cyclic N) is 1. The zero-order valence-electron chi connectivity index (χ0n) is 8.72. The highest BCUT2D eigenvalue weighted by Crippen LogP contribution is 2.24. The van der Waals surface area contributed by atoms with E-state index in [1.165, 1.54) is 0 Å². The van der Waals surface area contributed by atoms with Crippen LogP contribution in [0.2, 0.25) is 0 Å². The van der Waals surface area contributed by atoms with Gasteiger partial charge < -0.3 is 20.1 Å². The summed E-state index contributed by atoms with van der Waals surface area (Å²) >= 11 is 0. The maximum absolute atomic E-state index is 10.3. The first-order valence-corrected chi connectivity index (χ1v) is 4.82. The van der Waals surface area contributed by atoms with Crippen molar-refractivity contribution in [3.8, 4) is 0 Å². The van der Waals surface area contributed by atoms with Gasteiger partial charge in [0.05, 0.1) is 18.3 Å². The van der Waals surface area contributed by atoms with Crippen molar-refractivity contribution in [1.29, 1.82) is 0 Å². The van der Waals surface area contributed by atoms with Gasteiger partial charge in [0.2, 0.25) is 0 Å². The number of ether oxygens (including phenoxy) is 1. The molecule has 1 fully saturated rings. The van der Waals surface area contributed by atoms with Crippen molar-refractivity contribution in [2.75, 3.05) is 32.8 Å². The van der Waals surface area contributed by atoms with Gasteiger partial charge in [-0.2, -0.15) is 0 Å². The predicted octanol–water partition coefficient (Wildman–Crippen LogP) is -1.48. The van der Waals surface area contributed by atoms with Crippen LogP contribution in [0.25, 0.3) is 0 Å². The minimum absolute atomic E-state index is 0.261. The lowest BCUT2D eigenvalue weighted by atomic mass is 9.96. The lowest BCUT2D eigenvalue weighted by Gasteiger charge is -2.47. The van der Waals surface area contributed by atoms with Crippen molar-refractivity contribution >= 4 is 5.97 Å². The third-order valence-corrected chi connectivity index (χ3v) is 2.34. The van der Waals surface area contributed by atoms with E-state index in [1.54, 1.807) is 0 Å². The molecule has 0 aliphatic carbocycles. The van der Waals surface area contributed by atoms with Crippen LogP contribution in [-0.2, 0) is 9.53 Å². The fraction of sp³-hybridized carbons (Fsp3) is 0.889. The van der Waals surface area contributed by atoms with Gasteiger partial charge >= 0.3 is 5.97 Å². The Bertz CT molecular complexity index is 227. The lowest BCUT2D eigenvalue weighted by molar-refractivity contribution is -0.167. The molecule has 1 atom stereocenters. The van der Waals surface area contributed by atoms with Crippen molar-refractivity contribution < 1.29 is 24.9 Å². The number of aliphatic hydroxyl groups is 2. The molecule has 0 aromatic carbocycles. The average molecular weight is 219 g/mol. The average Bonchev–Trinajstić information content (AvgIpc) is 2.12. The zero-order valence-corrected chi connectivity index (χ0v) is 8.72. The summed E-state index contributed by atoms with van der Waals surface area (Å²) in [5.41, 5.74) is -0.437. The highest BCUT2D eigenvalue weighted by molar-refractivity contribution is 5.68. The molecule has 1 aliphatic heterocycles. The zero-order chi connectivity index (χ0) is 11.5. The summed E-state index contributed by atoms with van der Waals surface area (Å²) in [7, 11) is 0. The van der Waals surface area contributed by atoms with Crippen molar-refractivity contribution in [3.05, 3.63) is 0 Å². The van der Waals surface area contributed by atoms with E-state index in [4.69, 9.17) is 20.1 Å². The normalized spacial score (nSPS) is 22.1. The molecule has 1 saturated heterocycles. The maximum Gasteiger partial charge on any atom is 0.329 e. The van der Waals surface area contributed by atoms with Crippen LogP contribution in [0.5, 0.6) is 0 Å². The van der Waals surface area contributed by atoms with E-state index >= 15 is 0 Å². The van der Waals surface area contributed by atoms with Crippen LogP contribution in [-0.4, -0.2) is 70.7 Å². The van der Waals surface area contributed by atoms with Gasteiger partial charge in [-0.15, -0.1) is 0 Å². The number of aliphatic hydroxyl groups excluding tert-OH is 2. The van der Waals surface area contributed by atoms with Gasteiger partial charge in [-0.25, -0.2) is 4.79 Å². The van der Waals surface area contributed by atoms with Crippen LogP contribution < -0.4 is 0 Å². The largest absolute Gasteiger partial charge is 0.480 e. The van der Waals surface area contributed by atoms with Gasteiger partial charge in [0.1, 0.15) is 6.61 Å². The van der Waals surface area contributed by atoms with E-state index in [0.717, 1.165) is 0 Å². The molecule has 0 aromatic rings. The second kappa shape index (κ2) is 4.89. The van der Waals surface area contributed by atoms with Crippen LogP contribution in [0, 0.1) is 0 Å². The fourth-order valence-electron chi connectivity index (χ4n) is 1.71. The topological polar surface area (TPSA) is 90.2 Å². The van der Waals surface area contributed by atoms with Crippen molar-refractivity contribution in [3.63, 3.8) is 0 Å². The number of likely N-dealkylation sites (tertiary alicyclic amines) is 1. The minimum atomic E-state index is -0.981. The number of carboxylic acid groups (broad SMARTS) is 1. The summed E-state index contributed by atoms with van der Waals surface area (Å²) in [6, 6.07) is 0. The first-order valence-electron chi connectivity index (χ1n) is 4.82. The molecule has 1 rings (SSSR count). The molecule has 0 saturated carbocycles. The first kappa shape index (κ1) is 12.4. The fourth-order valence-corrected chi connectivity index (χ4v) is 1.71. The Labute approximate surface area is 88.1 Å². The lowest BCUT2D eigenvalue weighted by Crippen LogP contribution is -2.63. The quantitative estimate of drug-likeness (QED) is 0.504. The molecule has 0 spiro atoms. The molecule has 6 heteroatoms. The summed E-state index contributed by atoms with van der Waals surface area (Å²) in [4.78, 5) is 12.2. The number of aliphatic carboxylic acids is 1. The van der Waals surface area contributed by atoms with Crippen molar-refractivity contribution in [1.82, 2.24) is 4.90 Å². The number of nitrogens with zero attached hydrogens (tertiary/aromatic N) is 1. The molecule has 1 unspecified atom stereocenters. The number of hydrogen-bond donors (Lipinski definition) is 3. The van der Waals surface area contributed by atoms with E-state index < -0.39 is 17.7 Å². The van der Waals surface area contributed by atoms with Crippen LogP contribution in [0.3, 0.4) is 0 Å². The predicted molar refractivity (Wildman–Crippen MR) is 51.5 cm³/mol. The van der Waals surface area contributed by atoms with Crippen LogP contribution >= 0.6 is 0 Å². The van der Waals surface area contributed by atoms with Gasteiger partial charge in [-0.1, -0.05) is 0 Å². The van der Waals surface area contributed by atoms with Crippen LogP contribution in [0.4, 0.5) is 0 Å². The smallest absolute Gasteiger partial charge is 0.329 e. The van der Waals surface area contributed by atoms with Crippen LogP contribution in [0.15, 0.2) is 0 Å². The highest BCUT2D eigenvalue weighted by atomic mass is 16.5. The monoisotopic (exact) mass is 219 g/mol. The van der Waals surface area contributed by atoms with Crippen LogP contribution in [0.1, 0.15) is 6.92 Å². The van der Waals surface area contributed by atoms with Gasteiger partial charge in [-0.05, 0) is 6.92 Å². The molecule has 1 heterocycles. The molecule has 0 radical (unpaired) electrons. The second-order valence-electron chi connectivity index (χ2n) is 4.14. The Morgan fingerprint density at radius 1 is 1.60 bits per heavy atom. The molecule has 88 valence electrons. The number of rotatable bonds is 6. The Morgan fingerprint density at radius 2 is 2.20 bits per heavy atom. The molecule has 15 heavy (non-hydrogen) atoms. The van der Waals surface area contributed by atoms with Gasteiger partial charge in [0.15, 0.2) is 0 Å². The molecular weight excluding hydrogens is 202 g/mol. The third-order valence-electron chi connectivity index (χ3n) is 2.34. The number of hydrogen-bond acceptors (Lipinski definition) is 5. The molecule has 3 N–H and O–H groups in total. The SMILES string of the molecule is CC1(OCC(=O)O)CN(CC(O)CO)C1. The Morgan fingerprint density at radius 3 is 2.67 bits per heavy atom. The van der Waals surface area contributed by atoms with E-state index in [0.29, 0.717) is 19.6 Å². The Hall–Kier alpha value is -0.690. The third kappa shape index (κ3) is 3.75. The molecule has 6 nitrogen and oxygen atoms in total. The maximum atomic E-state index is 10.3. The molecule has 0 aromatic heterocycles. The highest BCUT2D eigenvalue weighted by Gasteiger charge is 2.40. The molecule has 0 amide bonds. The van der Waals surface area contributed by atoms with E-state index in [-0.39, 0.29) is 13.2 Å². The van der Waals surface area contributed by atoms with E-state index in [2.05, 4.69) is 0 Å². The second-order valence-corrected chi connectivity index (χ2v) is 4.14. The molecular formula is C9H17NO5.